The van der Waals surface area contributed by atoms with E-state index in [1.807, 2.05) is 0 Å². The minimum atomic E-state index is -0.956. The molecule has 0 unspecified atom stereocenters. The summed E-state index contributed by atoms with van der Waals surface area (Å²) in [5.41, 5.74) is 5.84. The Hall–Kier alpha value is -1.86. The highest BCUT2D eigenvalue weighted by molar-refractivity contribution is 5.54. The van der Waals surface area contributed by atoms with Gasteiger partial charge in [-0.25, -0.2) is 8.78 Å². The third-order valence-electron chi connectivity index (χ3n) is 3.41. The topological polar surface area (TPSA) is 74.2 Å². The average molecular weight is 281 g/mol. The summed E-state index contributed by atoms with van der Waals surface area (Å²) in [5, 5.41) is 3.78. The summed E-state index contributed by atoms with van der Waals surface area (Å²) in [4.78, 5) is 4.20. The van der Waals surface area contributed by atoms with E-state index in [-0.39, 0.29) is 5.82 Å². The highest BCUT2D eigenvalue weighted by Gasteiger charge is 2.35. The van der Waals surface area contributed by atoms with Crippen LogP contribution < -0.4 is 5.73 Å². The zero-order valence-corrected chi connectivity index (χ0v) is 10.6. The Bertz CT molecular complexity index is 624. The maximum atomic E-state index is 13.2. The highest BCUT2D eigenvalue weighted by Crippen LogP contribution is 2.29. The molecule has 1 fully saturated rings. The van der Waals surface area contributed by atoms with Crippen LogP contribution in [0.5, 0.6) is 0 Å². The molecule has 0 atom stereocenters. The quantitative estimate of drug-likeness (QED) is 0.911. The first-order chi connectivity index (χ1) is 9.58. The Balaban J connectivity index is 1.91. The molecule has 1 aromatic heterocycles. The van der Waals surface area contributed by atoms with Crippen molar-refractivity contribution in [3.63, 3.8) is 0 Å². The van der Waals surface area contributed by atoms with Crippen LogP contribution in [0.1, 0.15) is 18.7 Å². The molecule has 2 heterocycles. The number of nitrogens with two attached hydrogens (primary N) is 1. The fourth-order valence-electron chi connectivity index (χ4n) is 2.13. The summed E-state index contributed by atoms with van der Waals surface area (Å²) >= 11 is 0. The number of benzene rings is 1. The molecular weight excluding hydrogens is 268 g/mol. The number of halogens is 2. The predicted octanol–water partition coefficient (Wildman–Crippen LogP) is 1.98. The van der Waals surface area contributed by atoms with Gasteiger partial charge in [0.25, 0.3) is 0 Å². The molecule has 0 aliphatic carbocycles. The van der Waals surface area contributed by atoms with Gasteiger partial charge in [-0.15, -0.1) is 0 Å². The van der Waals surface area contributed by atoms with Gasteiger partial charge in [-0.2, -0.15) is 4.98 Å². The Morgan fingerprint density at radius 3 is 2.60 bits per heavy atom. The zero-order valence-electron chi connectivity index (χ0n) is 10.6. The third kappa shape index (κ3) is 2.30. The second-order valence-electron chi connectivity index (χ2n) is 4.82. The van der Waals surface area contributed by atoms with E-state index in [0.717, 1.165) is 12.1 Å². The van der Waals surface area contributed by atoms with Gasteiger partial charge in [-0.1, -0.05) is 5.16 Å². The highest BCUT2D eigenvalue weighted by atomic mass is 19.2. The van der Waals surface area contributed by atoms with E-state index in [0.29, 0.717) is 37.5 Å². The lowest BCUT2D eigenvalue weighted by Crippen LogP contribution is -2.42. The van der Waals surface area contributed by atoms with Crippen LogP contribution >= 0.6 is 0 Å². The standard InChI is InChI=1S/C13H13F2N3O2/c14-9-2-1-8(7-10(9)15)11-17-12(20-18-11)13(16)3-5-19-6-4-13/h1-2,7H,3-6,16H2. The van der Waals surface area contributed by atoms with Crippen molar-refractivity contribution in [2.24, 2.45) is 5.73 Å². The first kappa shape index (κ1) is 13.1. The lowest BCUT2D eigenvalue weighted by atomic mass is 9.91. The number of ether oxygens (including phenoxy) is 1. The Morgan fingerprint density at radius 2 is 1.90 bits per heavy atom. The van der Waals surface area contributed by atoms with Crippen molar-refractivity contribution in [3.05, 3.63) is 35.7 Å². The molecule has 7 heteroatoms. The van der Waals surface area contributed by atoms with Gasteiger partial charge in [0.15, 0.2) is 11.6 Å². The molecule has 0 spiro atoms. The van der Waals surface area contributed by atoms with Gasteiger partial charge in [-0.3, -0.25) is 0 Å². The van der Waals surface area contributed by atoms with Gasteiger partial charge in [0.1, 0.15) is 5.54 Å². The smallest absolute Gasteiger partial charge is 0.247 e. The van der Waals surface area contributed by atoms with E-state index < -0.39 is 17.2 Å². The van der Waals surface area contributed by atoms with Gasteiger partial charge >= 0.3 is 0 Å². The molecule has 1 aliphatic rings. The number of rotatable bonds is 2. The second kappa shape index (κ2) is 4.92. The summed E-state index contributed by atoms with van der Waals surface area (Å²) in [7, 11) is 0. The second-order valence-corrected chi connectivity index (χ2v) is 4.82. The minimum absolute atomic E-state index is 0.190. The molecule has 0 radical (unpaired) electrons. The van der Waals surface area contributed by atoms with E-state index in [4.69, 9.17) is 15.0 Å². The number of hydrogen-bond acceptors (Lipinski definition) is 5. The molecule has 3 rings (SSSR count). The molecule has 1 saturated heterocycles. The summed E-state index contributed by atoms with van der Waals surface area (Å²) in [5.74, 6) is -1.39. The van der Waals surface area contributed by atoms with Gasteiger partial charge in [0, 0.05) is 18.8 Å². The first-order valence-corrected chi connectivity index (χ1v) is 6.25. The maximum absolute atomic E-state index is 13.2. The van der Waals surface area contributed by atoms with E-state index >= 15 is 0 Å². The van der Waals surface area contributed by atoms with Crippen LogP contribution in [-0.4, -0.2) is 23.4 Å². The Labute approximate surface area is 113 Å². The van der Waals surface area contributed by atoms with E-state index in [1.54, 1.807) is 0 Å². The summed E-state index contributed by atoms with van der Waals surface area (Å²) in [6.45, 7) is 1.05. The molecule has 2 aromatic rings. The van der Waals surface area contributed by atoms with Crippen molar-refractivity contribution in [2.45, 2.75) is 18.4 Å². The molecule has 1 aromatic carbocycles. The Morgan fingerprint density at radius 1 is 1.15 bits per heavy atom. The van der Waals surface area contributed by atoms with Crippen molar-refractivity contribution in [1.29, 1.82) is 0 Å². The van der Waals surface area contributed by atoms with Crippen LogP contribution in [0, 0.1) is 11.6 Å². The molecule has 5 nitrogen and oxygen atoms in total. The zero-order chi connectivity index (χ0) is 14.2. The van der Waals surface area contributed by atoms with E-state index in [9.17, 15) is 8.78 Å². The minimum Gasteiger partial charge on any atom is -0.381 e. The van der Waals surface area contributed by atoms with Gasteiger partial charge in [-0.05, 0) is 31.0 Å². The van der Waals surface area contributed by atoms with Gasteiger partial charge in [0.05, 0.1) is 0 Å². The monoisotopic (exact) mass is 281 g/mol. The lowest BCUT2D eigenvalue weighted by molar-refractivity contribution is 0.0400. The normalized spacial score (nSPS) is 18.1. The van der Waals surface area contributed by atoms with Crippen molar-refractivity contribution in [3.8, 4) is 11.4 Å². The van der Waals surface area contributed by atoms with Crippen molar-refractivity contribution >= 4 is 0 Å². The third-order valence-corrected chi connectivity index (χ3v) is 3.41. The number of aromatic nitrogens is 2. The first-order valence-electron chi connectivity index (χ1n) is 6.25. The van der Waals surface area contributed by atoms with Crippen molar-refractivity contribution in [1.82, 2.24) is 10.1 Å². The van der Waals surface area contributed by atoms with Crippen molar-refractivity contribution < 1.29 is 18.0 Å². The fraction of sp³-hybridized carbons (Fsp3) is 0.385. The Kier molecular flexibility index (Phi) is 3.23. The predicted molar refractivity (Wildman–Crippen MR) is 65.6 cm³/mol. The summed E-state index contributed by atoms with van der Waals surface area (Å²) < 4.78 is 36.5. The molecule has 0 saturated carbocycles. The fourth-order valence-corrected chi connectivity index (χ4v) is 2.13. The number of hydrogen-bond donors (Lipinski definition) is 1. The maximum Gasteiger partial charge on any atom is 0.247 e. The van der Waals surface area contributed by atoms with Gasteiger partial charge in [0.2, 0.25) is 11.7 Å². The summed E-state index contributed by atoms with van der Waals surface area (Å²) in [6.07, 6.45) is 1.15. The molecule has 0 amide bonds. The average Bonchev–Trinajstić information content (AvgIpc) is 2.93. The van der Waals surface area contributed by atoms with E-state index in [1.165, 1.54) is 6.07 Å². The molecule has 20 heavy (non-hydrogen) atoms. The van der Waals surface area contributed by atoms with Crippen LogP contribution in [0.2, 0.25) is 0 Å². The number of nitrogens with zero attached hydrogens (tertiary/aromatic N) is 2. The van der Waals surface area contributed by atoms with Gasteiger partial charge < -0.3 is 15.0 Å². The lowest BCUT2D eigenvalue weighted by Gasteiger charge is -2.29. The molecule has 2 N–H and O–H groups in total. The van der Waals surface area contributed by atoms with Crippen molar-refractivity contribution in [2.75, 3.05) is 13.2 Å². The van der Waals surface area contributed by atoms with Crippen LogP contribution in [0.25, 0.3) is 11.4 Å². The summed E-state index contributed by atoms with van der Waals surface area (Å²) in [6, 6.07) is 3.44. The van der Waals surface area contributed by atoms with E-state index in [2.05, 4.69) is 10.1 Å². The van der Waals surface area contributed by atoms with Crippen LogP contribution in [0.3, 0.4) is 0 Å². The SMILES string of the molecule is NC1(c2nc(-c3ccc(F)c(F)c3)no2)CCOCC1. The molecular formula is C13H13F2N3O2. The molecule has 1 aliphatic heterocycles. The largest absolute Gasteiger partial charge is 0.381 e. The molecule has 106 valence electrons. The molecule has 0 bridgehead atoms. The van der Waals surface area contributed by atoms with Crippen LogP contribution in [-0.2, 0) is 10.3 Å². The van der Waals surface area contributed by atoms with Crippen LogP contribution in [0.4, 0.5) is 8.78 Å². The van der Waals surface area contributed by atoms with Crippen LogP contribution in [0.15, 0.2) is 22.7 Å².